The number of rotatable bonds is 7. The summed E-state index contributed by atoms with van der Waals surface area (Å²) in [6, 6.07) is 0. The van der Waals surface area contributed by atoms with Crippen LogP contribution in [0.2, 0.25) is 0 Å². The Hall–Kier alpha value is -1.10. The zero-order valence-electron chi connectivity index (χ0n) is 10.8. The fourth-order valence-electron chi connectivity index (χ4n) is 1.51. The number of aromatic nitrogens is 2. The van der Waals surface area contributed by atoms with Crippen LogP contribution in [-0.4, -0.2) is 31.8 Å². The average Bonchev–Trinajstić information content (AvgIpc) is 2.63. The summed E-state index contributed by atoms with van der Waals surface area (Å²) in [4.78, 5) is 4.40. The Morgan fingerprint density at radius 2 is 2.41 bits per heavy atom. The molecule has 0 amide bonds. The Morgan fingerprint density at radius 3 is 3.00 bits per heavy atom. The van der Waals surface area contributed by atoms with Crippen LogP contribution in [0.1, 0.15) is 19.0 Å². The highest BCUT2D eigenvalue weighted by atomic mass is 32.2. The van der Waals surface area contributed by atoms with Crippen molar-refractivity contribution in [1.82, 2.24) is 9.55 Å². The van der Waals surface area contributed by atoms with Crippen LogP contribution in [0.3, 0.4) is 0 Å². The maximum absolute atomic E-state index is 11.3. The summed E-state index contributed by atoms with van der Waals surface area (Å²) in [5.41, 5.74) is 0.988. The molecule has 1 heterocycles. The molecule has 1 aromatic heterocycles. The monoisotopic (exact) mass is 255 g/mol. The van der Waals surface area contributed by atoms with Gasteiger partial charge < -0.3 is 9.88 Å². The molecule has 0 saturated heterocycles. The van der Waals surface area contributed by atoms with Gasteiger partial charge in [0, 0.05) is 41.6 Å². The second kappa shape index (κ2) is 6.59. The van der Waals surface area contributed by atoms with E-state index in [2.05, 4.69) is 21.4 Å². The van der Waals surface area contributed by atoms with E-state index in [0.717, 1.165) is 24.6 Å². The number of hydrogen-bond acceptors (Lipinski definition) is 3. The van der Waals surface area contributed by atoms with Crippen molar-refractivity contribution < 1.29 is 4.21 Å². The minimum absolute atomic E-state index is 0.213. The van der Waals surface area contributed by atoms with Crippen LogP contribution in [0.4, 0.5) is 5.95 Å². The lowest BCUT2D eigenvalue weighted by molar-refractivity contribution is 0.622. The molecule has 0 aliphatic carbocycles. The van der Waals surface area contributed by atoms with Crippen molar-refractivity contribution >= 4 is 16.7 Å². The molecule has 2 unspecified atom stereocenters. The molecular formula is C12H21N3OS. The number of nitrogens with zero attached hydrogens (tertiary/aromatic N) is 2. The zero-order chi connectivity index (χ0) is 12.8. The van der Waals surface area contributed by atoms with Crippen molar-refractivity contribution in [2.24, 2.45) is 0 Å². The van der Waals surface area contributed by atoms with E-state index in [1.807, 2.05) is 20.0 Å². The largest absolute Gasteiger partial charge is 0.352 e. The van der Waals surface area contributed by atoms with Crippen LogP contribution < -0.4 is 5.32 Å². The molecule has 1 aromatic rings. The first kappa shape index (κ1) is 14.0. The van der Waals surface area contributed by atoms with Crippen LogP contribution in [0.25, 0.3) is 0 Å². The lowest BCUT2D eigenvalue weighted by Crippen LogP contribution is -2.14. The standard InChI is InChI=1S/C12H21N3OS/c1-5-7-13-12-14-10(2)9-15(12)8-6-11(3)17(4)16/h5,9,11H,1,6-8H2,2-4H3,(H,13,14). The molecule has 0 radical (unpaired) electrons. The van der Waals surface area contributed by atoms with Crippen molar-refractivity contribution in [2.75, 3.05) is 18.1 Å². The van der Waals surface area contributed by atoms with E-state index in [-0.39, 0.29) is 5.25 Å². The second-order valence-corrected chi connectivity index (χ2v) is 5.97. The molecule has 2 atom stereocenters. The normalized spacial score (nSPS) is 14.3. The van der Waals surface area contributed by atoms with E-state index in [1.165, 1.54) is 0 Å². The fraction of sp³-hybridized carbons (Fsp3) is 0.583. The summed E-state index contributed by atoms with van der Waals surface area (Å²) in [6.07, 6.45) is 6.46. The topological polar surface area (TPSA) is 46.9 Å². The van der Waals surface area contributed by atoms with Gasteiger partial charge in [0.15, 0.2) is 0 Å². The molecule has 1 rings (SSSR count). The van der Waals surface area contributed by atoms with E-state index < -0.39 is 10.8 Å². The third kappa shape index (κ3) is 4.34. The number of anilines is 1. The van der Waals surface area contributed by atoms with E-state index in [0.29, 0.717) is 6.54 Å². The van der Waals surface area contributed by atoms with Gasteiger partial charge in [0.05, 0.1) is 5.69 Å². The van der Waals surface area contributed by atoms with Gasteiger partial charge in [0.25, 0.3) is 0 Å². The van der Waals surface area contributed by atoms with Crippen LogP contribution in [-0.2, 0) is 17.3 Å². The minimum Gasteiger partial charge on any atom is -0.352 e. The Bertz CT molecular complexity index is 400. The van der Waals surface area contributed by atoms with Crippen LogP contribution >= 0.6 is 0 Å². The van der Waals surface area contributed by atoms with Gasteiger partial charge in [-0.15, -0.1) is 6.58 Å². The van der Waals surface area contributed by atoms with Gasteiger partial charge in [-0.25, -0.2) is 4.98 Å². The van der Waals surface area contributed by atoms with Gasteiger partial charge >= 0.3 is 0 Å². The van der Waals surface area contributed by atoms with Crippen molar-refractivity contribution in [3.05, 3.63) is 24.5 Å². The highest BCUT2D eigenvalue weighted by Gasteiger charge is 2.09. The van der Waals surface area contributed by atoms with Crippen molar-refractivity contribution in [3.63, 3.8) is 0 Å². The van der Waals surface area contributed by atoms with Gasteiger partial charge in [-0.2, -0.15) is 0 Å². The summed E-state index contributed by atoms with van der Waals surface area (Å²) in [5.74, 6) is 0.858. The maximum atomic E-state index is 11.3. The van der Waals surface area contributed by atoms with Gasteiger partial charge in [0.1, 0.15) is 0 Å². The Kier molecular flexibility index (Phi) is 5.41. The van der Waals surface area contributed by atoms with Crippen molar-refractivity contribution in [1.29, 1.82) is 0 Å². The number of imidazole rings is 1. The van der Waals surface area contributed by atoms with Gasteiger partial charge in [-0.05, 0) is 13.3 Å². The average molecular weight is 255 g/mol. The quantitative estimate of drug-likeness (QED) is 0.758. The first-order chi connectivity index (χ1) is 8.04. The van der Waals surface area contributed by atoms with Crippen LogP contribution in [0, 0.1) is 6.92 Å². The summed E-state index contributed by atoms with van der Waals surface area (Å²) < 4.78 is 13.4. The van der Waals surface area contributed by atoms with Gasteiger partial charge in [-0.3, -0.25) is 4.21 Å². The Morgan fingerprint density at radius 1 is 1.71 bits per heavy atom. The zero-order valence-corrected chi connectivity index (χ0v) is 11.6. The first-order valence-electron chi connectivity index (χ1n) is 5.75. The third-order valence-corrected chi connectivity index (χ3v) is 4.01. The predicted molar refractivity (Wildman–Crippen MR) is 73.8 cm³/mol. The first-order valence-corrected chi connectivity index (χ1v) is 7.37. The summed E-state index contributed by atoms with van der Waals surface area (Å²) in [6.45, 7) is 9.18. The molecule has 0 aromatic carbocycles. The summed E-state index contributed by atoms with van der Waals surface area (Å²) >= 11 is 0. The molecule has 0 fully saturated rings. The molecule has 96 valence electrons. The van der Waals surface area contributed by atoms with E-state index in [1.54, 1.807) is 12.3 Å². The predicted octanol–water partition coefficient (Wildman–Crippen LogP) is 1.95. The molecular weight excluding hydrogens is 234 g/mol. The number of hydrogen-bond donors (Lipinski definition) is 1. The van der Waals surface area contributed by atoms with Crippen molar-refractivity contribution in [2.45, 2.75) is 32.1 Å². The molecule has 17 heavy (non-hydrogen) atoms. The summed E-state index contributed by atoms with van der Waals surface area (Å²) in [5, 5.41) is 3.41. The van der Waals surface area contributed by atoms with Crippen molar-refractivity contribution in [3.8, 4) is 0 Å². The fourth-order valence-corrected chi connectivity index (χ4v) is 1.95. The van der Waals surface area contributed by atoms with Crippen LogP contribution in [0.15, 0.2) is 18.9 Å². The molecule has 4 nitrogen and oxygen atoms in total. The van der Waals surface area contributed by atoms with Gasteiger partial charge in [0.2, 0.25) is 5.95 Å². The maximum Gasteiger partial charge on any atom is 0.203 e. The SMILES string of the molecule is C=CCNc1nc(C)cn1CCC(C)S(C)=O. The smallest absolute Gasteiger partial charge is 0.203 e. The second-order valence-electron chi connectivity index (χ2n) is 4.17. The number of nitrogens with one attached hydrogen (secondary N) is 1. The third-order valence-electron chi connectivity index (χ3n) is 2.64. The molecule has 0 saturated carbocycles. The molecule has 0 aliphatic rings. The lowest BCUT2D eigenvalue weighted by Gasteiger charge is -2.11. The molecule has 0 aliphatic heterocycles. The Labute approximate surface area is 106 Å². The number of aryl methyl sites for hydroxylation is 2. The molecule has 0 spiro atoms. The molecule has 1 N–H and O–H groups in total. The highest BCUT2D eigenvalue weighted by molar-refractivity contribution is 7.84. The van der Waals surface area contributed by atoms with Crippen LogP contribution in [0.5, 0.6) is 0 Å². The highest BCUT2D eigenvalue weighted by Crippen LogP contribution is 2.11. The van der Waals surface area contributed by atoms with E-state index in [4.69, 9.17) is 0 Å². The van der Waals surface area contributed by atoms with Gasteiger partial charge in [-0.1, -0.05) is 13.0 Å². The molecule has 0 bridgehead atoms. The van der Waals surface area contributed by atoms with E-state index in [9.17, 15) is 4.21 Å². The minimum atomic E-state index is -0.759. The molecule has 5 heteroatoms. The summed E-state index contributed by atoms with van der Waals surface area (Å²) in [7, 11) is -0.759. The lowest BCUT2D eigenvalue weighted by atomic mass is 10.3. The van der Waals surface area contributed by atoms with E-state index >= 15 is 0 Å². The Balaban J connectivity index is 2.62.